The number of benzene rings is 4. The molecule has 2 aliphatic rings. The minimum atomic E-state index is -3.95. The summed E-state index contributed by atoms with van der Waals surface area (Å²) in [5.41, 5.74) is 3.68. The monoisotopic (exact) mass is 576 g/mol. The van der Waals surface area contributed by atoms with E-state index < -0.39 is 21.5 Å². The molecule has 1 N–H and O–H groups in total. The van der Waals surface area contributed by atoms with Crippen molar-refractivity contribution in [3.05, 3.63) is 120 Å². The van der Waals surface area contributed by atoms with E-state index in [0.717, 1.165) is 22.3 Å². The summed E-state index contributed by atoms with van der Waals surface area (Å²) in [5, 5.41) is 9.02. The van der Waals surface area contributed by atoms with Crippen molar-refractivity contribution >= 4 is 45.1 Å². The van der Waals surface area contributed by atoms with Gasteiger partial charge >= 0.3 is 205 Å². The van der Waals surface area contributed by atoms with Gasteiger partial charge in [-0.3, -0.25) is 0 Å². The van der Waals surface area contributed by atoms with Gasteiger partial charge in [-0.15, -0.1) is 0 Å². The van der Waals surface area contributed by atoms with Gasteiger partial charge < -0.3 is 0 Å². The molecule has 3 unspecified atom stereocenters. The average Bonchev–Trinajstić information content (AvgIpc) is 3.51. The zero-order valence-electron chi connectivity index (χ0n) is 19.7. The van der Waals surface area contributed by atoms with Gasteiger partial charge in [-0.1, -0.05) is 18.2 Å². The molecule has 2 heterocycles. The summed E-state index contributed by atoms with van der Waals surface area (Å²) in [4.78, 5) is 0. The molecule has 37 heavy (non-hydrogen) atoms. The summed E-state index contributed by atoms with van der Waals surface area (Å²) >= 11 is 0.201. The van der Waals surface area contributed by atoms with Crippen LogP contribution < -0.4 is 13.1 Å². The molecule has 0 saturated carbocycles. The van der Waals surface area contributed by atoms with Crippen molar-refractivity contribution in [2.45, 2.75) is 23.9 Å². The fourth-order valence-corrected chi connectivity index (χ4v) is 8.17. The number of para-hydroxylation sites is 1. The molecule has 3 atom stereocenters. The Bertz CT molecular complexity index is 1530. The molecule has 1 saturated heterocycles. The summed E-state index contributed by atoms with van der Waals surface area (Å²) in [5.74, 6) is 0.440. The first-order chi connectivity index (χ1) is 18.0. The van der Waals surface area contributed by atoms with Gasteiger partial charge in [0.05, 0.1) is 0 Å². The number of hydrogen-bond donors (Lipinski definition) is 1. The number of fused-ring (bicyclic) bond motifs is 2. The summed E-state index contributed by atoms with van der Waals surface area (Å²) < 4.78 is 41.0. The first-order valence-corrected chi connectivity index (χ1v) is 15.2. The molecule has 0 aliphatic carbocycles. The van der Waals surface area contributed by atoms with Crippen LogP contribution in [0, 0.1) is 0 Å². The Hall–Kier alpha value is -3.35. The van der Waals surface area contributed by atoms with Crippen molar-refractivity contribution < 1.29 is 22.4 Å². The van der Waals surface area contributed by atoms with Crippen molar-refractivity contribution in [3.63, 3.8) is 0 Å². The summed E-state index contributed by atoms with van der Waals surface area (Å²) in [7, 11) is -3.95. The van der Waals surface area contributed by atoms with Crippen molar-refractivity contribution in [1.82, 2.24) is 0 Å². The predicted molar refractivity (Wildman–Crippen MR) is 146 cm³/mol. The minimum absolute atomic E-state index is 0.152. The van der Waals surface area contributed by atoms with Gasteiger partial charge in [-0.2, -0.15) is 0 Å². The number of rotatable bonds is 7. The first kappa shape index (κ1) is 24.0. The molecule has 5 nitrogen and oxygen atoms in total. The van der Waals surface area contributed by atoms with Crippen molar-refractivity contribution in [2.75, 3.05) is 0 Å². The molecule has 0 spiro atoms. The predicted octanol–water partition coefficient (Wildman–Crippen LogP) is 3.91. The first-order valence-electron chi connectivity index (χ1n) is 12.0. The third-order valence-electron chi connectivity index (χ3n) is 6.64. The maximum absolute atomic E-state index is 13.3. The van der Waals surface area contributed by atoms with E-state index in [1.807, 2.05) is 24.3 Å². The Kier molecular flexibility index (Phi) is 6.39. The number of phenols is 1. The molecule has 7 heteroatoms. The van der Waals surface area contributed by atoms with Crippen LogP contribution in [-0.2, 0) is 14.9 Å². The Morgan fingerprint density at radius 1 is 0.730 bits per heavy atom. The zero-order chi connectivity index (χ0) is 25.4. The van der Waals surface area contributed by atoms with Gasteiger partial charge in [0.1, 0.15) is 0 Å². The Morgan fingerprint density at radius 3 is 1.97 bits per heavy atom. The van der Waals surface area contributed by atoms with Crippen molar-refractivity contribution in [3.8, 4) is 11.5 Å². The molecule has 0 amide bonds. The van der Waals surface area contributed by atoms with E-state index in [9.17, 15) is 13.5 Å². The summed E-state index contributed by atoms with van der Waals surface area (Å²) in [6.45, 7) is 0. The molecule has 4 aromatic carbocycles. The number of phenolic OH excluding ortho intramolecular Hbond substituents is 1. The maximum atomic E-state index is 13.3. The van der Waals surface area contributed by atoms with E-state index in [2.05, 4.69) is 48.5 Å². The fourth-order valence-electron chi connectivity index (χ4n) is 4.99. The second-order valence-corrected chi connectivity index (χ2v) is 13.2. The van der Waals surface area contributed by atoms with Crippen molar-refractivity contribution in [2.24, 2.45) is 0 Å². The van der Waals surface area contributed by atoms with Gasteiger partial charge in [0.25, 0.3) is 0 Å². The standard InChI is InChI=1S/C30H24O5SSe/c31-22-15-11-21(12-16-22)29-28(20-13-17-25(18-14-20)37-24-9-5-2-6-10-24)26-19-27(30(29)34-26)36(32,33)35-23-7-3-1-4-8-23/h1-18,26-27,30-31H,19H2. The Balaban J connectivity index is 1.36. The van der Waals surface area contributed by atoms with E-state index in [1.165, 1.54) is 8.92 Å². The van der Waals surface area contributed by atoms with Gasteiger partial charge in [0.15, 0.2) is 0 Å². The Morgan fingerprint density at radius 2 is 1.30 bits per heavy atom. The number of ether oxygens (including phenoxy) is 1. The van der Waals surface area contributed by atoms with Crippen LogP contribution in [0.4, 0.5) is 0 Å². The quantitative estimate of drug-likeness (QED) is 0.267. The Labute approximate surface area is 222 Å². The van der Waals surface area contributed by atoms with E-state index in [4.69, 9.17) is 8.92 Å². The zero-order valence-corrected chi connectivity index (χ0v) is 22.3. The van der Waals surface area contributed by atoms with Crippen LogP contribution in [0.1, 0.15) is 17.5 Å². The number of hydrogen-bond acceptors (Lipinski definition) is 5. The molecule has 2 aliphatic heterocycles. The van der Waals surface area contributed by atoms with Crippen molar-refractivity contribution in [1.29, 1.82) is 0 Å². The molecule has 1 fully saturated rings. The average molecular weight is 576 g/mol. The second-order valence-electron chi connectivity index (χ2n) is 9.02. The fraction of sp³-hybridized carbons (Fsp3) is 0.133. The molecule has 2 bridgehead atoms. The van der Waals surface area contributed by atoms with Gasteiger partial charge in [-0.25, -0.2) is 0 Å². The second kappa shape index (κ2) is 9.84. The van der Waals surface area contributed by atoms with Crippen LogP contribution in [0.5, 0.6) is 11.5 Å². The molecular formula is C30H24O5SSe. The van der Waals surface area contributed by atoms with Crippen LogP contribution in [0.15, 0.2) is 109 Å². The SMILES string of the molecule is O=S(=O)(Oc1ccccc1)C1CC2OC1C(c1ccc(O)cc1)=C2c1ccc([Se]c2ccccc2)cc1. The van der Waals surface area contributed by atoms with Gasteiger partial charge in [-0.05, 0) is 0 Å². The summed E-state index contributed by atoms with van der Waals surface area (Å²) in [6.07, 6.45) is -0.697. The number of aromatic hydroxyl groups is 1. The van der Waals surface area contributed by atoms with Crippen LogP contribution in [0.25, 0.3) is 11.1 Å². The van der Waals surface area contributed by atoms with E-state index in [0.29, 0.717) is 6.42 Å². The third-order valence-corrected chi connectivity index (χ3v) is 10.4. The van der Waals surface area contributed by atoms with Crippen LogP contribution in [0.2, 0.25) is 0 Å². The molecular weight excluding hydrogens is 551 g/mol. The van der Waals surface area contributed by atoms with Gasteiger partial charge in [0, 0.05) is 0 Å². The third kappa shape index (κ3) is 4.83. The van der Waals surface area contributed by atoms with Gasteiger partial charge in [0.2, 0.25) is 0 Å². The molecule has 6 rings (SSSR count). The van der Waals surface area contributed by atoms with E-state index in [-0.39, 0.29) is 32.6 Å². The molecule has 0 radical (unpaired) electrons. The van der Waals surface area contributed by atoms with Crippen LogP contribution >= 0.6 is 0 Å². The topological polar surface area (TPSA) is 72.8 Å². The normalized spacial score (nSPS) is 20.8. The van der Waals surface area contributed by atoms with Crippen LogP contribution in [-0.4, -0.2) is 45.9 Å². The van der Waals surface area contributed by atoms with E-state index >= 15 is 0 Å². The molecule has 4 aromatic rings. The summed E-state index contributed by atoms with van der Waals surface area (Å²) in [6, 6.07) is 34.3. The van der Waals surface area contributed by atoms with E-state index in [1.54, 1.807) is 36.4 Å². The molecule has 186 valence electrons. The molecule has 0 aromatic heterocycles. The van der Waals surface area contributed by atoms with Crippen LogP contribution in [0.3, 0.4) is 0 Å².